The van der Waals surface area contributed by atoms with Crippen LogP contribution < -0.4 is 5.73 Å². The van der Waals surface area contributed by atoms with Gasteiger partial charge < -0.3 is 10.3 Å². The summed E-state index contributed by atoms with van der Waals surface area (Å²) in [6.45, 7) is 2.82. The van der Waals surface area contributed by atoms with E-state index in [9.17, 15) is 4.39 Å². The van der Waals surface area contributed by atoms with Crippen molar-refractivity contribution in [2.24, 2.45) is 5.73 Å². The number of alkyl halides is 1. The van der Waals surface area contributed by atoms with Gasteiger partial charge in [0.05, 0.1) is 6.17 Å². The second-order valence-corrected chi connectivity index (χ2v) is 2.97. The molecule has 0 saturated heterocycles. The lowest BCUT2D eigenvalue weighted by molar-refractivity contribution is 0.324. The van der Waals surface area contributed by atoms with E-state index in [1.165, 1.54) is 0 Å². The molecule has 0 aromatic carbocycles. The van der Waals surface area contributed by atoms with Crippen LogP contribution in [0.2, 0.25) is 0 Å². The maximum absolute atomic E-state index is 12.5. The molecule has 1 atom stereocenters. The number of hydrogen-bond donors (Lipinski definition) is 1. The van der Waals surface area contributed by atoms with E-state index in [1.807, 2.05) is 22.9 Å². The van der Waals surface area contributed by atoms with Crippen LogP contribution in [0, 0.1) is 0 Å². The molecule has 3 heteroatoms. The third-order valence-corrected chi connectivity index (χ3v) is 1.90. The van der Waals surface area contributed by atoms with Gasteiger partial charge >= 0.3 is 0 Å². The standard InChI is InChI=1S/C9H15FN2/c1-8(10)4-6-12-5-2-3-9(12)7-11/h2-3,5,8H,4,6-7,11H2,1H3. The van der Waals surface area contributed by atoms with Crippen LogP contribution in [0.25, 0.3) is 0 Å². The topological polar surface area (TPSA) is 30.9 Å². The fraction of sp³-hybridized carbons (Fsp3) is 0.556. The second kappa shape index (κ2) is 4.26. The molecule has 0 aliphatic rings. The summed E-state index contributed by atoms with van der Waals surface area (Å²) in [5.41, 5.74) is 6.55. The summed E-state index contributed by atoms with van der Waals surface area (Å²) in [5, 5.41) is 0. The highest BCUT2D eigenvalue weighted by molar-refractivity contribution is 5.06. The summed E-state index contributed by atoms with van der Waals surface area (Å²) in [6.07, 6.45) is 1.75. The zero-order valence-corrected chi connectivity index (χ0v) is 7.33. The molecule has 68 valence electrons. The van der Waals surface area contributed by atoms with Gasteiger partial charge in [-0.3, -0.25) is 0 Å². The fourth-order valence-electron chi connectivity index (χ4n) is 1.17. The van der Waals surface area contributed by atoms with Gasteiger partial charge in [0.2, 0.25) is 0 Å². The molecular weight excluding hydrogens is 155 g/mol. The number of hydrogen-bond acceptors (Lipinski definition) is 1. The molecule has 2 N–H and O–H groups in total. The van der Waals surface area contributed by atoms with Crippen molar-refractivity contribution >= 4 is 0 Å². The van der Waals surface area contributed by atoms with E-state index in [0.717, 1.165) is 12.2 Å². The molecule has 12 heavy (non-hydrogen) atoms. The van der Waals surface area contributed by atoms with Gasteiger partial charge in [-0.2, -0.15) is 0 Å². The molecule has 0 bridgehead atoms. The smallest absolute Gasteiger partial charge is 0.0990 e. The van der Waals surface area contributed by atoms with E-state index < -0.39 is 6.17 Å². The van der Waals surface area contributed by atoms with Crippen LogP contribution in [-0.4, -0.2) is 10.7 Å². The highest BCUT2D eigenvalue weighted by Gasteiger charge is 2.01. The third kappa shape index (κ3) is 2.34. The zero-order chi connectivity index (χ0) is 8.97. The molecule has 1 aromatic heterocycles. The van der Waals surface area contributed by atoms with Crippen molar-refractivity contribution in [2.45, 2.75) is 32.6 Å². The van der Waals surface area contributed by atoms with E-state index in [-0.39, 0.29) is 0 Å². The number of halogens is 1. The van der Waals surface area contributed by atoms with Gasteiger partial charge in [-0.05, 0) is 25.5 Å². The first-order valence-electron chi connectivity index (χ1n) is 4.22. The average Bonchev–Trinajstić information content (AvgIpc) is 2.47. The summed E-state index contributed by atoms with van der Waals surface area (Å²) in [6, 6.07) is 3.90. The van der Waals surface area contributed by atoms with Crippen molar-refractivity contribution in [3.05, 3.63) is 24.0 Å². The molecule has 1 heterocycles. The zero-order valence-electron chi connectivity index (χ0n) is 7.33. The minimum atomic E-state index is -0.738. The lowest BCUT2D eigenvalue weighted by Gasteiger charge is -2.07. The quantitative estimate of drug-likeness (QED) is 0.732. The van der Waals surface area contributed by atoms with Crippen molar-refractivity contribution in [2.75, 3.05) is 0 Å². The first-order chi connectivity index (χ1) is 5.74. The summed E-state index contributed by atoms with van der Waals surface area (Å²) in [7, 11) is 0. The lowest BCUT2D eigenvalue weighted by Crippen LogP contribution is -2.08. The van der Waals surface area contributed by atoms with Gasteiger partial charge in [-0.1, -0.05) is 0 Å². The minimum Gasteiger partial charge on any atom is -0.350 e. The molecule has 1 aromatic rings. The molecule has 0 aliphatic heterocycles. The third-order valence-electron chi connectivity index (χ3n) is 1.90. The summed E-state index contributed by atoms with van der Waals surface area (Å²) < 4.78 is 14.5. The average molecular weight is 170 g/mol. The second-order valence-electron chi connectivity index (χ2n) is 2.97. The first-order valence-corrected chi connectivity index (χ1v) is 4.22. The van der Waals surface area contributed by atoms with Crippen LogP contribution in [0.4, 0.5) is 4.39 Å². The summed E-state index contributed by atoms with van der Waals surface area (Å²) in [5.74, 6) is 0. The normalized spacial score (nSPS) is 13.2. The first kappa shape index (κ1) is 9.26. The number of aromatic nitrogens is 1. The van der Waals surface area contributed by atoms with Gasteiger partial charge in [0.15, 0.2) is 0 Å². The lowest BCUT2D eigenvalue weighted by atomic mass is 10.3. The van der Waals surface area contributed by atoms with Crippen LogP contribution in [0.5, 0.6) is 0 Å². The SMILES string of the molecule is CC(F)CCn1cccc1CN. The number of rotatable bonds is 4. The van der Waals surface area contributed by atoms with Crippen molar-refractivity contribution in [3.8, 4) is 0 Å². The minimum absolute atomic E-state index is 0.521. The predicted molar refractivity (Wildman–Crippen MR) is 47.5 cm³/mol. The highest BCUT2D eigenvalue weighted by atomic mass is 19.1. The molecule has 0 amide bonds. The van der Waals surface area contributed by atoms with Gasteiger partial charge in [0.1, 0.15) is 0 Å². The van der Waals surface area contributed by atoms with E-state index in [4.69, 9.17) is 5.73 Å². The molecule has 0 saturated carbocycles. The van der Waals surface area contributed by atoms with Gasteiger partial charge in [0.25, 0.3) is 0 Å². The van der Waals surface area contributed by atoms with Gasteiger partial charge in [0, 0.05) is 25.0 Å². The van der Waals surface area contributed by atoms with Crippen molar-refractivity contribution in [1.82, 2.24) is 4.57 Å². The molecule has 0 spiro atoms. The number of aryl methyl sites for hydroxylation is 1. The van der Waals surface area contributed by atoms with Gasteiger partial charge in [-0.25, -0.2) is 4.39 Å². The fourth-order valence-corrected chi connectivity index (χ4v) is 1.17. The van der Waals surface area contributed by atoms with Crippen LogP contribution in [0.3, 0.4) is 0 Å². The van der Waals surface area contributed by atoms with E-state index in [2.05, 4.69) is 0 Å². The van der Waals surface area contributed by atoms with Gasteiger partial charge in [-0.15, -0.1) is 0 Å². The molecule has 0 fully saturated rings. The Balaban J connectivity index is 2.50. The Morgan fingerprint density at radius 3 is 3.00 bits per heavy atom. The Morgan fingerprint density at radius 1 is 1.67 bits per heavy atom. The van der Waals surface area contributed by atoms with E-state index in [0.29, 0.717) is 13.0 Å². The molecule has 0 radical (unpaired) electrons. The summed E-state index contributed by atoms with van der Waals surface area (Å²) >= 11 is 0. The highest BCUT2D eigenvalue weighted by Crippen LogP contribution is 2.05. The van der Waals surface area contributed by atoms with Crippen LogP contribution in [0.1, 0.15) is 19.0 Å². The Morgan fingerprint density at radius 2 is 2.42 bits per heavy atom. The monoisotopic (exact) mass is 170 g/mol. The van der Waals surface area contributed by atoms with Crippen LogP contribution >= 0.6 is 0 Å². The van der Waals surface area contributed by atoms with Crippen molar-refractivity contribution in [3.63, 3.8) is 0 Å². The molecule has 1 rings (SSSR count). The van der Waals surface area contributed by atoms with Crippen LogP contribution in [-0.2, 0) is 13.1 Å². The van der Waals surface area contributed by atoms with E-state index in [1.54, 1.807) is 6.92 Å². The Kier molecular flexibility index (Phi) is 3.29. The van der Waals surface area contributed by atoms with Crippen molar-refractivity contribution < 1.29 is 4.39 Å². The Hall–Kier alpha value is -0.830. The Labute approximate surface area is 72.2 Å². The van der Waals surface area contributed by atoms with E-state index >= 15 is 0 Å². The van der Waals surface area contributed by atoms with Crippen molar-refractivity contribution in [1.29, 1.82) is 0 Å². The number of nitrogens with two attached hydrogens (primary N) is 1. The van der Waals surface area contributed by atoms with Crippen LogP contribution in [0.15, 0.2) is 18.3 Å². The maximum atomic E-state index is 12.5. The Bertz CT molecular complexity index is 230. The molecule has 0 aliphatic carbocycles. The molecule has 2 nitrogen and oxygen atoms in total. The maximum Gasteiger partial charge on any atom is 0.0990 e. The summed E-state index contributed by atoms with van der Waals surface area (Å²) in [4.78, 5) is 0. The predicted octanol–water partition coefficient (Wildman–Crippen LogP) is 1.69. The largest absolute Gasteiger partial charge is 0.350 e. The number of nitrogens with zero attached hydrogens (tertiary/aromatic N) is 1. The molecular formula is C9H15FN2. The molecule has 1 unspecified atom stereocenters.